The zero-order chi connectivity index (χ0) is 26.0. The highest BCUT2D eigenvalue weighted by Gasteiger charge is 2.29. The highest BCUT2D eigenvalue weighted by Crippen LogP contribution is 2.31. The number of esters is 1. The number of para-hydroxylation sites is 3. The SMILES string of the molecule is N#C/C(=C(/O)COC(=O)c1ccc(S(=O)(=O)N2CCCc3ccccc32)cc1)c1nc2ccccc2[nH]1. The van der Waals surface area contributed by atoms with Crippen LogP contribution in [-0.4, -0.2) is 42.6 Å². The number of nitrogens with zero attached hydrogens (tertiary/aromatic N) is 3. The maximum absolute atomic E-state index is 13.3. The third kappa shape index (κ3) is 4.64. The number of fused-ring (bicyclic) bond motifs is 2. The van der Waals surface area contributed by atoms with Gasteiger partial charge in [-0.3, -0.25) is 4.31 Å². The van der Waals surface area contributed by atoms with Crippen molar-refractivity contribution in [3.05, 3.63) is 95.5 Å². The molecular formula is C27H22N4O5S. The number of ether oxygens (including phenoxy) is 1. The van der Waals surface area contributed by atoms with E-state index in [0.29, 0.717) is 23.3 Å². The Morgan fingerprint density at radius 3 is 2.57 bits per heavy atom. The van der Waals surface area contributed by atoms with Gasteiger partial charge in [0.1, 0.15) is 18.2 Å². The number of rotatable bonds is 6. The average Bonchev–Trinajstić information content (AvgIpc) is 3.35. The number of nitrogens with one attached hydrogen (secondary N) is 1. The van der Waals surface area contributed by atoms with Crippen molar-refractivity contribution in [2.75, 3.05) is 17.5 Å². The molecule has 0 fully saturated rings. The van der Waals surface area contributed by atoms with E-state index in [1.54, 1.807) is 24.3 Å². The number of carbonyl (C=O) groups is 1. The van der Waals surface area contributed by atoms with Gasteiger partial charge in [-0.05, 0) is 60.9 Å². The number of aliphatic hydroxyl groups excluding tert-OH is 1. The quantitative estimate of drug-likeness (QED) is 0.222. The largest absolute Gasteiger partial charge is 0.507 e. The van der Waals surface area contributed by atoms with Gasteiger partial charge in [-0.2, -0.15) is 5.26 Å². The Bertz CT molecular complexity index is 1630. The first-order valence-electron chi connectivity index (χ1n) is 11.5. The van der Waals surface area contributed by atoms with E-state index < -0.39 is 28.4 Å². The maximum atomic E-state index is 13.3. The number of aryl methyl sites for hydroxylation is 1. The van der Waals surface area contributed by atoms with Gasteiger partial charge in [0.25, 0.3) is 10.0 Å². The van der Waals surface area contributed by atoms with Gasteiger partial charge in [-0.1, -0.05) is 30.3 Å². The molecule has 5 rings (SSSR count). The molecule has 1 aliphatic rings. The van der Waals surface area contributed by atoms with Gasteiger partial charge in [0.15, 0.2) is 11.6 Å². The van der Waals surface area contributed by atoms with Crippen LogP contribution in [0.1, 0.15) is 28.2 Å². The Balaban J connectivity index is 1.30. The van der Waals surface area contributed by atoms with Gasteiger partial charge < -0.3 is 14.8 Å². The lowest BCUT2D eigenvalue weighted by molar-refractivity contribution is 0.0502. The first-order valence-corrected chi connectivity index (χ1v) is 13.0. The lowest BCUT2D eigenvalue weighted by atomic mass is 10.0. The second-order valence-electron chi connectivity index (χ2n) is 8.45. The van der Waals surface area contributed by atoms with Crippen molar-refractivity contribution in [1.82, 2.24) is 9.97 Å². The van der Waals surface area contributed by atoms with E-state index in [1.807, 2.05) is 30.3 Å². The van der Waals surface area contributed by atoms with E-state index in [9.17, 15) is 23.6 Å². The molecule has 1 aliphatic heterocycles. The molecule has 2 heterocycles. The standard InChI is InChI=1S/C27H22N4O5S/c28-16-21(26-29-22-8-2-3-9-23(22)30-26)25(32)17-36-27(33)19-11-13-20(14-12-19)37(34,35)31-15-5-7-18-6-1-4-10-24(18)31/h1-4,6,8-14,32H,5,7,15,17H2,(H,29,30)/b25-21-. The number of hydrogen-bond acceptors (Lipinski definition) is 7. The number of carbonyl (C=O) groups excluding carboxylic acids is 1. The van der Waals surface area contributed by atoms with Gasteiger partial charge in [0.2, 0.25) is 0 Å². The molecule has 9 nitrogen and oxygen atoms in total. The zero-order valence-electron chi connectivity index (χ0n) is 19.6. The van der Waals surface area contributed by atoms with Crippen LogP contribution in [0.4, 0.5) is 5.69 Å². The molecule has 186 valence electrons. The summed E-state index contributed by atoms with van der Waals surface area (Å²) in [4.78, 5) is 19.8. The van der Waals surface area contributed by atoms with E-state index in [2.05, 4.69) is 9.97 Å². The summed E-state index contributed by atoms with van der Waals surface area (Å²) in [6.45, 7) is -0.176. The molecule has 0 aliphatic carbocycles. The number of aromatic amines is 1. The van der Waals surface area contributed by atoms with Crippen LogP contribution in [0, 0.1) is 11.3 Å². The molecule has 1 aromatic heterocycles. The molecule has 0 saturated heterocycles. The van der Waals surface area contributed by atoms with E-state index in [1.165, 1.54) is 28.6 Å². The van der Waals surface area contributed by atoms with Crippen molar-refractivity contribution in [3.63, 3.8) is 0 Å². The van der Waals surface area contributed by atoms with Gasteiger partial charge in [0.05, 0.1) is 27.2 Å². The molecule has 0 saturated carbocycles. The predicted molar refractivity (Wildman–Crippen MR) is 137 cm³/mol. The van der Waals surface area contributed by atoms with E-state index in [4.69, 9.17) is 4.74 Å². The van der Waals surface area contributed by atoms with Crippen LogP contribution in [-0.2, 0) is 21.2 Å². The summed E-state index contributed by atoms with van der Waals surface area (Å²) in [5.74, 6) is -1.08. The summed E-state index contributed by atoms with van der Waals surface area (Å²) in [6, 6.07) is 21.9. The normalized spacial score (nSPS) is 14.0. The van der Waals surface area contributed by atoms with Crippen LogP contribution in [0.2, 0.25) is 0 Å². The molecular weight excluding hydrogens is 492 g/mol. The number of aromatic nitrogens is 2. The molecule has 37 heavy (non-hydrogen) atoms. The van der Waals surface area contributed by atoms with Gasteiger partial charge in [0, 0.05) is 6.54 Å². The Kier molecular flexibility index (Phi) is 6.38. The van der Waals surface area contributed by atoms with Crippen molar-refractivity contribution in [2.45, 2.75) is 17.7 Å². The van der Waals surface area contributed by atoms with Crippen LogP contribution >= 0.6 is 0 Å². The van der Waals surface area contributed by atoms with Crippen LogP contribution in [0.15, 0.2) is 83.5 Å². The Morgan fingerprint density at radius 1 is 1.08 bits per heavy atom. The second-order valence-corrected chi connectivity index (χ2v) is 10.3. The number of sulfonamides is 1. The summed E-state index contributed by atoms with van der Waals surface area (Å²) in [7, 11) is -3.81. The fourth-order valence-electron chi connectivity index (χ4n) is 4.25. The minimum atomic E-state index is -3.81. The predicted octanol–water partition coefficient (Wildman–Crippen LogP) is 4.35. The highest BCUT2D eigenvalue weighted by atomic mass is 32.2. The molecule has 0 spiro atoms. The van der Waals surface area contributed by atoms with E-state index >= 15 is 0 Å². The lowest BCUT2D eigenvalue weighted by Gasteiger charge is -2.30. The summed E-state index contributed by atoms with van der Waals surface area (Å²) in [6.07, 6.45) is 1.54. The highest BCUT2D eigenvalue weighted by molar-refractivity contribution is 7.92. The van der Waals surface area contributed by atoms with E-state index in [0.717, 1.165) is 18.4 Å². The minimum Gasteiger partial charge on any atom is -0.507 e. The fraction of sp³-hybridized carbons (Fsp3) is 0.148. The van der Waals surface area contributed by atoms with Crippen LogP contribution in [0.25, 0.3) is 16.6 Å². The van der Waals surface area contributed by atoms with Gasteiger partial charge >= 0.3 is 5.97 Å². The van der Waals surface area contributed by atoms with Crippen molar-refractivity contribution < 1.29 is 23.1 Å². The molecule has 0 radical (unpaired) electrons. The van der Waals surface area contributed by atoms with Crippen molar-refractivity contribution >= 4 is 38.3 Å². The van der Waals surface area contributed by atoms with Gasteiger partial charge in [-0.25, -0.2) is 18.2 Å². The lowest BCUT2D eigenvalue weighted by Crippen LogP contribution is -2.35. The van der Waals surface area contributed by atoms with Crippen LogP contribution < -0.4 is 4.31 Å². The minimum absolute atomic E-state index is 0.0557. The number of H-pyrrole nitrogens is 1. The number of anilines is 1. The monoisotopic (exact) mass is 514 g/mol. The first kappa shape index (κ1) is 24.1. The first-order chi connectivity index (χ1) is 17.9. The summed E-state index contributed by atoms with van der Waals surface area (Å²) in [5, 5.41) is 19.9. The Morgan fingerprint density at radius 2 is 1.81 bits per heavy atom. The number of benzene rings is 3. The molecule has 2 N–H and O–H groups in total. The summed E-state index contributed by atoms with van der Waals surface area (Å²) >= 11 is 0. The fourth-order valence-corrected chi connectivity index (χ4v) is 5.79. The number of allylic oxidation sites excluding steroid dienone is 1. The smallest absolute Gasteiger partial charge is 0.338 e. The molecule has 0 amide bonds. The molecule has 10 heteroatoms. The third-order valence-corrected chi connectivity index (χ3v) is 7.94. The zero-order valence-corrected chi connectivity index (χ0v) is 20.4. The third-order valence-electron chi connectivity index (χ3n) is 6.11. The van der Waals surface area contributed by atoms with Crippen LogP contribution in [0.3, 0.4) is 0 Å². The Hall–Kier alpha value is -4.62. The second kappa shape index (κ2) is 9.79. The number of hydrogen-bond donors (Lipinski definition) is 2. The van der Waals surface area contributed by atoms with E-state index in [-0.39, 0.29) is 21.9 Å². The molecule has 0 unspecified atom stereocenters. The summed E-state index contributed by atoms with van der Waals surface area (Å²) < 4.78 is 33.1. The Labute approximate surface area is 213 Å². The van der Waals surface area contributed by atoms with Crippen molar-refractivity contribution in [1.29, 1.82) is 5.26 Å². The molecule has 4 aromatic rings. The van der Waals surface area contributed by atoms with Gasteiger partial charge in [-0.15, -0.1) is 0 Å². The summed E-state index contributed by atoms with van der Waals surface area (Å²) in [5.41, 5.74) is 2.92. The van der Waals surface area contributed by atoms with Crippen molar-refractivity contribution in [2.24, 2.45) is 0 Å². The molecule has 3 aromatic carbocycles. The number of aliphatic hydroxyl groups is 1. The van der Waals surface area contributed by atoms with Crippen molar-refractivity contribution in [3.8, 4) is 6.07 Å². The molecule has 0 bridgehead atoms. The number of nitriles is 1. The van der Waals surface area contributed by atoms with Crippen LogP contribution in [0.5, 0.6) is 0 Å². The topological polar surface area (TPSA) is 136 Å². The number of imidazole rings is 1. The maximum Gasteiger partial charge on any atom is 0.338 e. The molecule has 0 atom stereocenters. The average molecular weight is 515 g/mol.